The fourth-order valence-corrected chi connectivity index (χ4v) is 2.44. The van der Waals surface area contributed by atoms with Crippen molar-refractivity contribution >= 4 is 32.8 Å². The van der Waals surface area contributed by atoms with E-state index in [1.54, 1.807) is 0 Å². The van der Waals surface area contributed by atoms with Crippen LogP contribution in [0.3, 0.4) is 0 Å². The molecule has 0 spiro atoms. The summed E-state index contributed by atoms with van der Waals surface area (Å²) in [6.45, 7) is 6.86. The van der Waals surface area contributed by atoms with E-state index < -0.39 is 0 Å². The second-order valence-corrected chi connectivity index (χ2v) is 6.81. The number of aliphatic imine (C=N–C) groups is 1. The van der Waals surface area contributed by atoms with Gasteiger partial charge in [-0.2, -0.15) is 0 Å². The molecule has 0 aliphatic heterocycles. The summed E-state index contributed by atoms with van der Waals surface area (Å²) in [5.74, 6) is 0.499. The number of nitrogens with two attached hydrogens (primary N) is 1. The number of halogens is 1. The Bertz CT molecular complexity index is 622. The highest BCUT2D eigenvalue weighted by Crippen LogP contribution is 2.22. The number of fused-ring (bicyclic) bond motifs is 1. The van der Waals surface area contributed by atoms with Crippen LogP contribution in [0.15, 0.2) is 33.9 Å². The molecule has 0 fully saturated rings. The third kappa shape index (κ3) is 4.00. The van der Waals surface area contributed by atoms with Crippen molar-refractivity contribution in [2.45, 2.75) is 32.7 Å². The van der Waals surface area contributed by atoms with Crippen LogP contribution >= 0.6 is 15.9 Å². The van der Waals surface area contributed by atoms with E-state index in [4.69, 9.17) is 5.73 Å². The molecule has 4 N–H and O–H groups in total. The Balaban J connectivity index is 2.03. The van der Waals surface area contributed by atoms with Crippen molar-refractivity contribution < 1.29 is 0 Å². The molecule has 0 aliphatic rings. The zero-order valence-corrected chi connectivity index (χ0v) is 13.7. The summed E-state index contributed by atoms with van der Waals surface area (Å²) < 4.78 is 1.09. The number of hydrogen-bond acceptors (Lipinski definition) is 1. The minimum absolute atomic E-state index is 0.0563. The monoisotopic (exact) mass is 336 g/mol. The van der Waals surface area contributed by atoms with Gasteiger partial charge < -0.3 is 16.0 Å². The average molecular weight is 337 g/mol. The lowest BCUT2D eigenvalue weighted by Gasteiger charge is -2.20. The van der Waals surface area contributed by atoms with Crippen molar-refractivity contribution in [2.24, 2.45) is 10.7 Å². The van der Waals surface area contributed by atoms with E-state index in [0.29, 0.717) is 12.5 Å². The maximum Gasteiger partial charge on any atom is 0.188 e. The Morgan fingerprint density at radius 3 is 2.85 bits per heavy atom. The van der Waals surface area contributed by atoms with Crippen molar-refractivity contribution in [1.29, 1.82) is 0 Å². The Labute approximate surface area is 128 Å². The van der Waals surface area contributed by atoms with Crippen LogP contribution in [0.1, 0.15) is 26.3 Å². The summed E-state index contributed by atoms with van der Waals surface area (Å²) in [7, 11) is 0. The molecule has 0 aliphatic carbocycles. The summed E-state index contributed by atoms with van der Waals surface area (Å²) in [4.78, 5) is 7.65. The lowest BCUT2D eigenvalue weighted by molar-refractivity contribution is 0.508. The van der Waals surface area contributed by atoms with Crippen molar-refractivity contribution in [3.8, 4) is 0 Å². The Kier molecular flexibility index (Phi) is 4.38. The van der Waals surface area contributed by atoms with E-state index in [-0.39, 0.29) is 5.54 Å². The van der Waals surface area contributed by atoms with Gasteiger partial charge in [0.05, 0.1) is 0 Å². The highest BCUT2D eigenvalue weighted by molar-refractivity contribution is 9.10. The molecule has 0 atom stereocenters. The quantitative estimate of drug-likeness (QED) is 0.595. The lowest BCUT2D eigenvalue weighted by Crippen LogP contribution is -2.45. The third-order valence-corrected chi connectivity index (χ3v) is 3.39. The largest absolute Gasteiger partial charge is 0.370 e. The number of nitrogens with one attached hydrogen (secondary N) is 2. The van der Waals surface area contributed by atoms with E-state index in [2.05, 4.69) is 64.1 Å². The minimum Gasteiger partial charge on any atom is -0.370 e. The Morgan fingerprint density at radius 1 is 1.40 bits per heavy atom. The van der Waals surface area contributed by atoms with Gasteiger partial charge in [-0.05, 0) is 51.0 Å². The lowest BCUT2D eigenvalue weighted by atomic mass is 10.1. The van der Waals surface area contributed by atoms with Crippen LogP contribution in [-0.2, 0) is 6.42 Å². The third-order valence-electron chi connectivity index (χ3n) is 2.90. The van der Waals surface area contributed by atoms with Crippen molar-refractivity contribution in [3.05, 3.63) is 34.4 Å². The first kappa shape index (κ1) is 14.9. The molecule has 2 aromatic rings. The van der Waals surface area contributed by atoms with Gasteiger partial charge in [0.2, 0.25) is 0 Å². The number of rotatable bonds is 3. The first-order chi connectivity index (χ1) is 9.35. The molecule has 0 unspecified atom stereocenters. The summed E-state index contributed by atoms with van der Waals surface area (Å²) in [5.41, 5.74) is 8.21. The molecular formula is C15H21BrN4. The number of hydrogen-bond donors (Lipinski definition) is 3. The van der Waals surface area contributed by atoms with Crippen LogP contribution in [0.2, 0.25) is 0 Å². The van der Waals surface area contributed by atoms with Gasteiger partial charge in [-0.25, -0.2) is 0 Å². The first-order valence-corrected chi connectivity index (χ1v) is 7.48. The molecule has 0 radical (unpaired) electrons. The van der Waals surface area contributed by atoms with Gasteiger partial charge in [-0.15, -0.1) is 0 Å². The molecular weight excluding hydrogens is 316 g/mol. The summed E-state index contributed by atoms with van der Waals surface area (Å²) >= 11 is 3.50. The van der Waals surface area contributed by atoms with Gasteiger partial charge in [0.1, 0.15) is 0 Å². The van der Waals surface area contributed by atoms with Crippen molar-refractivity contribution in [1.82, 2.24) is 10.3 Å². The normalized spacial score (nSPS) is 12.9. The number of aromatic amines is 1. The molecule has 5 heteroatoms. The maximum atomic E-state index is 5.86. The van der Waals surface area contributed by atoms with E-state index in [9.17, 15) is 0 Å². The van der Waals surface area contributed by atoms with Crippen molar-refractivity contribution in [3.63, 3.8) is 0 Å². The van der Waals surface area contributed by atoms with Gasteiger partial charge in [0.15, 0.2) is 5.96 Å². The van der Waals surface area contributed by atoms with E-state index in [1.807, 2.05) is 12.3 Å². The fourth-order valence-electron chi connectivity index (χ4n) is 2.08. The molecule has 0 saturated carbocycles. The number of nitrogens with zero attached hydrogens (tertiary/aromatic N) is 1. The van der Waals surface area contributed by atoms with Crippen LogP contribution in [-0.4, -0.2) is 23.0 Å². The smallest absolute Gasteiger partial charge is 0.188 e. The molecule has 20 heavy (non-hydrogen) atoms. The minimum atomic E-state index is -0.0563. The number of aromatic nitrogens is 1. The fraction of sp³-hybridized carbons (Fsp3) is 0.400. The van der Waals surface area contributed by atoms with Crippen LogP contribution in [0, 0.1) is 0 Å². The predicted octanol–water partition coefficient (Wildman–Crippen LogP) is 3.18. The van der Waals surface area contributed by atoms with Gasteiger partial charge in [0, 0.05) is 33.7 Å². The second kappa shape index (κ2) is 5.87. The van der Waals surface area contributed by atoms with Crippen LogP contribution in [0.4, 0.5) is 0 Å². The topological polar surface area (TPSA) is 66.2 Å². The highest BCUT2D eigenvalue weighted by Gasteiger charge is 2.09. The highest BCUT2D eigenvalue weighted by atomic mass is 79.9. The molecule has 4 nitrogen and oxygen atoms in total. The Morgan fingerprint density at radius 2 is 2.15 bits per heavy atom. The zero-order valence-electron chi connectivity index (χ0n) is 12.1. The molecule has 1 aromatic heterocycles. The van der Waals surface area contributed by atoms with Gasteiger partial charge in [-0.1, -0.05) is 15.9 Å². The molecule has 2 rings (SSSR count). The van der Waals surface area contributed by atoms with Crippen LogP contribution < -0.4 is 11.1 Å². The summed E-state index contributed by atoms with van der Waals surface area (Å²) in [6, 6.07) is 6.23. The average Bonchev–Trinajstić information content (AvgIpc) is 2.69. The van der Waals surface area contributed by atoms with E-state index >= 15 is 0 Å². The molecule has 0 saturated heterocycles. The van der Waals surface area contributed by atoms with Gasteiger partial charge in [-0.3, -0.25) is 4.99 Å². The van der Waals surface area contributed by atoms with Gasteiger partial charge >= 0.3 is 0 Å². The van der Waals surface area contributed by atoms with Crippen LogP contribution in [0.5, 0.6) is 0 Å². The molecule has 108 valence electrons. The first-order valence-electron chi connectivity index (χ1n) is 6.69. The molecule has 1 aromatic carbocycles. The molecule has 1 heterocycles. The number of benzene rings is 1. The van der Waals surface area contributed by atoms with E-state index in [1.165, 1.54) is 10.9 Å². The summed E-state index contributed by atoms with van der Waals surface area (Å²) in [6.07, 6.45) is 2.91. The van der Waals surface area contributed by atoms with Crippen molar-refractivity contribution in [2.75, 3.05) is 6.54 Å². The molecule has 0 amide bonds. The van der Waals surface area contributed by atoms with Gasteiger partial charge in [0.25, 0.3) is 0 Å². The van der Waals surface area contributed by atoms with Crippen LogP contribution in [0.25, 0.3) is 10.9 Å². The molecule has 0 bridgehead atoms. The number of H-pyrrole nitrogens is 1. The zero-order chi connectivity index (χ0) is 14.8. The maximum absolute atomic E-state index is 5.86. The summed E-state index contributed by atoms with van der Waals surface area (Å²) in [5, 5.41) is 4.39. The Hall–Kier alpha value is -1.49. The SMILES string of the molecule is CC(C)(C)NC(N)=NCCc1c[nH]c2ccc(Br)cc12. The van der Waals surface area contributed by atoms with E-state index in [0.717, 1.165) is 16.4 Å². The predicted molar refractivity (Wildman–Crippen MR) is 89.1 cm³/mol. The standard InChI is InChI=1S/C15H21BrN4/c1-15(2,3)20-14(17)18-7-6-10-9-19-13-5-4-11(16)8-12(10)13/h4-5,8-9,19H,6-7H2,1-3H3,(H3,17,18,20). The second-order valence-electron chi connectivity index (χ2n) is 5.90. The number of guanidine groups is 1.